The number of carbonyl (C=O) groups is 1. The van der Waals surface area contributed by atoms with Gasteiger partial charge in [0.05, 0.1) is 6.54 Å². The first-order valence-corrected chi connectivity index (χ1v) is 9.48. The maximum atomic E-state index is 12.3. The molecule has 3 heterocycles. The zero-order chi connectivity index (χ0) is 18.6. The molecule has 1 aromatic heterocycles. The smallest absolute Gasteiger partial charge is 0.236 e. The standard InChI is InChI=1S/C23H23N3O/c1-16-18(19-8-4-6-10-21(19)25(16)2)11-13-23-20-9-5-3-7-17(20)12-14-26(23)15-22(27)24-23/h3-11,13H,12,14-15H2,1-2H3,(H,24,27)/b13-11+. The van der Waals surface area contributed by atoms with E-state index in [1.54, 1.807) is 0 Å². The number of amides is 1. The van der Waals surface area contributed by atoms with Gasteiger partial charge in [0.2, 0.25) is 5.91 Å². The zero-order valence-corrected chi connectivity index (χ0v) is 15.7. The van der Waals surface area contributed by atoms with Gasteiger partial charge >= 0.3 is 0 Å². The molecule has 136 valence electrons. The Bertz CT molecular complexity index is 1090. The Hall–Kier alpha value is -2.85. The largest absolute Gasteiger partial charge is 0.347 e. The van der Waals surface area contributed by atoms with E-state index < -0.39 is 5.66 Å². The normalized spacial score (nSPS) is 22.2. The summed E-state index contributed by atoms with van der Waals surface area (Å²) in [6.07, 6.45) is 5.36. The molecule has 0 radical (unpaired) electrons. The fourth-order valence-electron chi connectivity index (χ4n) is 4.69. The van der Waals surface area contributed by atoms with Gasteiger partial charge in [-0.3, -0.25) is 9.69 Å². The minimum Gasteiger partial charge on any atom is -0.347 e. The molecule has 4 nitrogen and oxygen atoms in total. The second-order valence-corrected chi connectivity index (χ2v) is 7.55. The lowest BCUT2D eigenvalue weighted by molar-refractivity contribution is -0.118. The molecule has 2 aliphatic heterocycles. The lowest BCUT2D eigenvalue weighted by Gasteiger charge is -2.40. The van der Waals surface area contributed by atoms with Crippen LogP contribution in [-0.2, 0) is 23.9 Å². The van der Waals surface area contributed by atoms with Gasteiger partial charge in [0.1, 0.15) is 5.66 Å². The molecule has 1 N–H and O–H groups in total. The summed E-state index contributed by atoms with van der Waals surface area (Å²) in [5.74, 6) is 0.0889. The Kier molecular flexibility index (Phi) is 3.52. The van der Waals surface area contributed by atoms with E-state index in [1.807, 2.05) is 0 Å². The van der Waals surface area contributed by atoms with Crippen molar-refractivity contribution < 1.29 is 4.79 Å². The quantitative estimate of drug-likeness (QED) is 0.764. The molecule has 1 unspecified atom stereocenters. The molecule has 1 saturated heterocycles. The third kappa shape index (κ3) is 2.30. The van der Waals surface area contributed by atoms with Crippen molar-refractivity contribution >= 4 is 22.9 Å². The molecule has 0 spiro atoms. The van der Waals surface area contributed by atoms with Gasteiger partial charge in [-0.1, -0.05) is 48.5 Å². The van der Waals surface area contributed by atoms with Crippen LogP contribution in [0.1, 0.15) is 22.4 Å². The van der Waals surface area contributed by atoms with E-state index in [4.69, 9.17) is 0 Å². The van der Waals surface area contributed by atoms with Crippen LogP contribution in [0.25, 0.3) is 17.0 Å². The number of carbonyl (C=O) groups excluding carboxylic acids is 1. The molecule has 1 fully saturated rings. The maximum Gasteiger partial charge on any atom is 0.236 e. The van der Waals surface area contributed by atoms with Gasteiger partial charge in [-0.25, -0.2) is 0 Å². The average Bonchev–Trinajstić information content (AvgIpc) is 3.15. The highest BCUT2D eigenvalue weighted by Gasteiger charge is 2.47. The molecular weight excluding hydrogens is 334 g/mol. The third-order valence-electron chi connectivity index (χ3n) is 6.18. The Morgan fingerprint density at radius 1 is 1.11 bits per heavy atom. The maximum absolute atomic E-state index is 12.3. The predicted molar refractivity (Wildman–Crippen MR) is 108 cm³/mol. The fraction of sp³-hybridized carbons (Fsp3) is 0.261. The number of nitrogens with zero attached hydrogens (tertiary/aromatic N) is 2. The van der Waals surface area contributed by atoms with E-state index in [9.17, 15) is 4.79 Å². The van der Waals surface area contributed by atoms with Gasteiger partial charge in [-0.15, -0.1) is 0 Å². The van der Waals surface area contributed by atoms with Gasteiger partial charge < -0.3 is 9.88 Å². The highest BCUT2D eigenvalue weighted by Crippen LogP contribution is 2.38. The van der Waals surface area contributed by atoms with Crippen LogP contribution in [0.5, 0.6) is 0 Å². The molecule has 0 aliphatic carbocycles. The summed E-state index contributed by atoms with van der Waals surface area (Å²) in [6.45, 7) is 3.49. The van der Waals surface area contributed by atoms with Crippen molar-refractivity contribution in [2.24, 2.45) is 7.05 Å². The van der Waals surface area contributed by atoms with Crippen molar-refractivity contribution in [2.75, 3.05) is 13.1 Å². The molecule has 4 heteroatoms. The molecule has 1 atom stereocenters. The topological polar surface area (TPSA) is 37.3 Å². The lowest BCUT2D eigenvalue weighted by atomic mass is 9.87. The molecule has 5 rings (SSSR count). The van der Waals surface area contributed by atoms with E-state index in [2.05, 4.69) is 89.4 Å². The van der Waals surface area contributed by atoms with E-state index in [0.717, 1.165) is 13.0 Å². The molecule has 0 saturated carbocycles. The Labute approximate surface area is 159 Å². The first kappa shape index (κ1) is 16.3. The predicted octanol–water partition coefficient (Wildman–Crippen LogP) is 3.34. The summed E-state index contributed by atoms with van der Waals surface area (Å²) < 4.78 is 2.23. The van der Waals surface area contributed by atoms with Crippen molar-refractivity contribution in [1.29, 1.82) is 0 Å². The Morgan fingerprint density at radius 2 is 1.89 bits per heavy atom. The third-order valence-corrected chi connectivity index (χ3v) is 6.18. The number of aromatic nitrogens is 1. The van der Waals surface area contributed by atoms with Gasteiger partial charge in [-0.2, -0.15) is 0 Å². The van der Waals surface area contributed by atoms with Crippen LogP contribution < -0.4 is 5.32 Å². The number of rotatable bonds is 2. The van der Waals surface area contributed by atoms with Crippen molar-refractivity contribution in [3.8, 4) is 0 Å². The number of fused-ring (bicyclic) bond motifs is 4. The van der Waals surface area contributed by atoms with Crippen LogP contribution in [-0.4, -0.2) is 28.5 Å². The van der Waals surface area contributed by atoms with Gasteiger partial charge in [0.25, 0.3) is 0 Å². The second kappa shape index (κ2) is 5.83. The van der Waals surface area contributed by atoms with E-state index in [-0.39, 0.29) is 5.91 Å². The molecular formula is C23H23N3O. The summed E-state index contributed by atoms with van der Waals surface area (Å²) in [4.78, 5) is 14.6. The summed E-state index contributed by atoms with van der Waals surface area (Å²) in [6, 6.07) is 16.9. The number of benzene rings is 2. The van der Waals surface area contributed by atoms with Crippen LogP contribution in [0.15, 0.2) is 54.6 Å². The van der Waals surface area contributed by atoms with Gasteiger partial charge in [0, 0.05) is 35.8 Å². The van der Waals surface area contributed by atoms with Crippen molar-refractivity contribution in [1.82, 2.24) is 14.8 Å². The van der Waals surface area contributed by atoms with Gasteiger partial charge in [0.15, 0.2) is 0 Å². The number of hydrogen-bond acceptors (Lipinski definition) is 2. The monoisotopic (exact) mass is 357 g/mol. The number of aryl methyl sites for hydroxylation is 1. The van der Waals surface area contributed by atoms with Crippen LogP contribution in [0.2, 0.25) is 0 Å². The molecule has 2 aromatic carbocycles. The summed E-state index contributed by atoms with van der Waals surface area (Å²) in [5, 5.41) is 4.50. The first-order valence-electron chi connectivity index (χ1n) is 9.48. The Morgan fingerprint density at radius 3 is 2.78 bits per heavy atom. The van der Waals surface area contributed by atoms with Crippen LogP contribution in [0.4, 0.5) is 0 Å². The summed E-state index contributed by atoms with van der Waals surface area (Å²) in [7, 11) is 2.10. The highest BCUT2D eigenvalue weighted by molar-refractivity contribution is 5.91. The number of hydrogen-bond donors (Lipinski definition) is 1. The number of nitrogens with one attached hydrogen (secondary N) is 1. The zero-order valence-electron chi connectivity index (χ0n) is 15.7. The van der Waals surface area contributed by atoms with Crippen LogP contribution >= 0.6 is 0 Å². The van der Waals surface area contributed by atoms with E-state index >= 15 is 0 Å². The second-order valence-electron chi connectivity index (χ2n) is 7.55. The van der Waals surface area contributed by atoms with Gasteiger partial charge in [-0.05, 0) is 36.6 Å². The summed E-state index contributed by atoms with van der Waals surface area (Å²) in [5.41, 5.74) is 5.63. The van der Waals surface area contributed by atoms with Crippen molar-refractivity contribution in [3.63, 3.8) is 0 Å². The highest BCUT2D eigenvalue weighted by atomic mass is 16.2. The summed E-state index contributed by atoms with van der Waals surface area (Å²) >= 11 is 0. The lowest BCUT2D eigenvalue weighted by Crippen LogP contribution is -2.51. The van der Waals surface area contributed by atoms with Crippen molar-refractivity contribution in [3.05, 3.63) is 77.0 Å². The Balaban J connectivity index is 1.68. The fourth-order valence-corrected chi connectivity index (χ4v) is 4.69. The van der Waals surface area contributed by atoms with Crippen molar-refractivity contribution in [2.45, 2.75) is 19.0 Å². The van der Waals surface area contributed by atoms with E-state index in [0.29, 0.717) is 6.54 Å². The van der Waals surface area contributed by atoms with Crippen LogP contribution in [0, 0.1) is 6.92 Å². The van der Waals surface area contributed by atoms with E-state index in [1.165, 1.54) is 33.3 Å². The molecule has 3 aromatic rings. The SMILES string of the molecule is Cc1c(/C=C/C23NC(=O)CN2CCc2ccccc23)c2ccccc2n1C. The first-order chi connectivity index (χ1) is 13.1. The average molecular weight is 357 g/mol. The molecule has 27 heavy (non-hydrogen) atoms. The molecule has 2 aliphatic rings. The minimum absolute atomic E-state index is 0.0889. The molecule has 0 bridgehead atoms. The molecule has 1 amide bonds. The van der Waals surface area contributed by atoms with Crippen LogP contribution in [0.3, 0.4) is 0 Å². The minimum atomic E-state index is -0.546. The number of para-hydroxylation sites is 1.